The minimum absolute atomic E-state index is 0.0981. The molecule has 0 saturated carbocycles. The molecule has 3 heteroatoms. The van der Waals surface area contributed by atoms with E-state index >= 15 is 0 Å². The summed E-state index contributed by atoms with van der Waals surface area (Å²) < 4.78 is 0. The summed E-state index contributed by atoms with van der Waals surface area (Å²) in [5.41, 5.74) is 1.31. The van der Waals surface area contributed by atoms with Crippen LogP contribution in [0.15, 0.2) is 42.6 Å². The molecular formula is C11H13NO2. The second-order valence-electron chi connectivity index (χ2n) is 3.16. The maximum absolute atomic E-state index is 10.2. The van der Waals surface area contributed by atoms with Crippen LogP contribution in [0.3, 0.4) is 0 Å². The number of benzene rings is 1. The van der Waals surface area contributed by atoms with Crippen molar-refractivity contribution in [2.45, 2.75) is 19.3 Å². The molecule has 0 radical (unpaired) electrons. The van der Waals surface area contributed by atoms with Crippen LogP contribution < -0.4 is 0 Å². The Morgan fingerprint density at radius 3 is 2.57 bits per heavy atom. The van der Waals surface area contributed by atoms with E-state index in [9.17, 15) is 10.1 Å². The molecule has 1 aromatic rings. The van der Waals surface area contributed by atoms with E-state index in [2.05, 4.69) is 6.58 Å². The van der Waals surface area contributed by atoms with Crippen molar-refractivity contribution in [3.05, 3.63) is 58.3 Å². The van der Waals surface area contributed by atoms with Crippen LogP contribution in [-0.4, -0.2) is 4.92 Å². The Balaban J connectivity index is 2.29. The van der Waals surface area contributed by atoms with Crippen LogP contribution in [-0.2, 0) is 6.42 Å². The molecule has 1 aromatic carbocycles. The molecule has 0 heterocycles. The first kappa shape index (κ1) is 10.4. The maximum Gasteiger partial charge on any atom is 0.239 e. The highest BCUT2D eigenvalue weighted by Crippen LogP contribution is 2.08. The molecule has 0 aliphatic carbocycles. The van der Waals surface area contributed by atoms with E-state index in [1.165, 1.54) is 5.56 Å². The smallest absolute Gasteiger partial charge is 0.239 e. The lowest BCUT2D eigenvalue weighted by Gasteiger charge is -1.99. The Morgan fingerprint density at radius 2 is 2.00 bits per heavy atom. The molecule has 0 N–H and O–H groups in total. The quantitative estimate of drug-likeness (QED) is 0.530. The zero-order valence-electron chi connectivity index (χ0n) is 7.98. The zero-order valence-corrected chi connectivity index (χ0v) is 7.98. The van der Waals surface area contributed by atoms with E-state index in [1.54, 1.807) is 0 Å². The van der Waals surface area contributed by atoms with E-state index in [-0.39, 0.29) is 5.70 Å². The molecule has 0 fully saturated rings. The Labute approximate surface area is 83.2 Å². The molecule has 0 atom stereocenters. The van der Waals surface area contributed by atoms with Gasteiger partial charge in [0.05, 0.1) is 4.92 Å². The number of nitrogens with zero attached hydrogens (tertiary/aromatic N) is 1. The van der Waals surface area contributed by atoms with Crippen molar-refractivity contribution in [1.82, 2.24) is 0 Å². The molecule has 0 aliphatic heterocycles. The second-order valence-corrected chi connectivity index (χ2v) is 3.16. The predicted molar refractivity (Wildman–Crippen MR) is 55.5 cm³/mol. The van der Waals surface area contributed by atoms with E-state index in [4.69, 9.17) is 0 Å². The van der Waals surface area contributed by atoms with Gasteiger partial charge in [0.15, 0.2) is 0 Å². The highest BCUT2D eigenvalue weighted by molar-refractivity contribution is 5.14. The van der Waals surface area contributed by atoms with Crippen molar-refractivity contribution in [2.24, 2.45) is 0 Å². The van der Waals surface area contributed by atoms with Gasteiger partial charge in [-0.05, 0) is 25.0 Å². The second kappa shape index (κ2) is 5.17. The van der Waals surface area contributed by atoms with Gasteiger partial charge in [-0.15, -0.1) is 0 Å². The average molecular weight is 191 g/mol. The number of nitro groups is 1. The molecule has 0 aliphatic rings. The third-order valence-corrected chi connectivity index (χ3v) is 2.03. The van der Waals surface area contributed by atoms with Crippen molar-refractivity contribution in [1.29, 1.82) is 0 Å². The fourth-order valence-corrected chi connectivity index (χ4v) is 1.23. The van der Waals surface area contributed by atoms with Gasteiger partial charge in [-0.1, -0.05) is 30.3 Å². The number of rotatable bonds is 5. The Morgan fingerprint density at radius 1 is 1.36 bits per heavy atom. The van der Waals surface area contributed by atoms with Crippen molar-refractivity contribution < 1.29 is 4.92 Å². The van der Waals surface area contributed by atoms with E-state index in [1.807, 2.05) is 30.3 Å². The first-order valence-corrected chi connectivity index (χ1v) is 4.56. The minimum Gasteiger partial charge on any atom is -0.259 e. The Bertz CT molecular complexity index is 319. The first-order chi connectivity index (χ1) is 6.70. The highest BCUT2D eigenvalue weighted by atomic mass is 16.6. The number of hydrogen-bond donors (Lipinski definition) is 0. The van der Waals surface area contributed by atoms with Crippen LogP contribution in [0.2, 0.25) is 0 Å². The summed E-state index contributed by atoms with van der Waals surface area (Å²) in [5, 5.41) is 10.2. The average Bonchev–Trinajstić information content (AvgIpc) is 2.19. The third-order valence-electron chi connectivity index (χ3n) is 2.03. The summed E-state index contributed by atoms with van der Waals surface area (Å²) in [6.07, 6.45) is 2.11. The number of hydrogen-bond acceptors (Lipinski definition) is 2. The maximum atomic E-state index is 10.2. The lowest BCUT2D eigenvalue weighted by molar-refractivity contribution is -0.427. The molecule has 0 unspecified atom stereocenters. The monoisotopic (exact) mass is 191 g/mol. The van der Waals surface area contributed by atoms with Crippen LogP contribution in [0.4, 0.5) is 0 Å². The van der Waals surface area contributed by atoms with Gasteiger partial charge in [0.2, 0.25) is 5.70 Å². The van der Waals surface area contributed by atoms with Crippen molar-refractivity contribution in [2.75, 3.05) is 0 Å². The summed E-state index contributed by atoms with van der Waals surface area (Å²) in [6, 6.07) is 9.94. The fourth-order valence-electron chi connectivity index (χ4n) is 1.23. The van der Waals surface area contributed by atoms with E-state index in [0.717, 1.165) is 12.8 Å². The summed E-state index contributed by atoms with van der Waals surface area (Å²) in [5.74, 6) is 0. The topological polar surface area (TPSA) is 43.1 Å². The molecule has 1 rings (SSSR count). The molecule has 14 heavy (non-hydrogen) atoms. The molecule has 0 spiro atoms. The van der Waals surface area contributed by atoms with Crippen molar-refractivity contribution in [3.63, 3.8) is 0 Å². The predicted octanol–water partition coefficient (Wildman–Crippen LogP) is 2.80. The van der Waals surface area contributed by atoms with Crippen molar-refractivity contribution in [3.8, 4) is 0 Å². The third kappa shape index (κ3) is 3.39. The van der Waals surface area contributed by atoms with Crippen LogP contribution in [0, 0.1) is 10.1 Å². The molecule has 74 valence electrons. The normalized spacial score (nSPS) is 9.71. The van der Waals surface area contributed by atoms with Crippen LogP contribution in [0.1, 0.15) is 18.4 Å². The van der Waals surface area contributed by atoms with Gasteiger partial charge in [-0.3, -0.25) is 10.1 Å². The molecular weight excluding hydrogens is 178 g/mol. The van der Waals surface area contributed by atoms with Gasteiger partial charge in [0.1, 0.15) is 0 Å². The standard InChI is InChI=1S/C11H13NO2/c1-10(12(13)14)6-5-9-11-7-3-2-4-8-11/h2-4,7-8H,1,5-6,9H2. The minimum atomic E-state index is -0.412. The zero-order chi connectivity index (χ0) is 10.4. The number of allylic oxidation sites excluding steroid dienone is 1. The Hall–Kier alpha value is -1.64. The lowest BCUT2D eigenvalue weighted by atomic mass is 10.1. The van der Waals surface area contributed by atoms with Gasteiger partial charge in [0, 0.05) is 6.42 Å². The fraction of sp³-hybridized carbons (Fsp3) is 0.273. The van der Waals surface area contributed by atoms with Crippen LogP contribution in [0.5, 0.6) is 0 Å². The lowest BCUT2D eigenvalue weighted by Crippen LogP contribution is -1.97. The first-order valence-electron chi connectivity index (χ1n) is 4.56. The van der Waals surface area contributed by atoms with E-state index in [0.29, 0.717) is 6.42 Å². The summed E-state index contributed by atoms with van der Waals surface area (Å²) >= 11 is 0. The molecule has 0 aromatic heterocycles. The summed E-state index contributed by atoms with van der Waals surface area (Å²) in [6.45, 7) is 3.39. The van der Waals surface area contributed by atoms with Gasteiger partial charge < -0.3 is 0 Å². The summed E-state index contributed by atoms with van der Waals surface area (Å²) in [7, 11) is 0. The van der Waals surface area contributed by atoms with E-state index < -0.39 is 4.92 Å². The largest absolute Gasteiger partial charge is 0.259 e. The summed E-state index contributed by atoms with van der Waals surface area (Å²) in [4.78, 5) is 9.84. The number of aryl methyl sites for hydroxylation is 1. The van der Waals surface area contributed by atoms with Gasteiger partial charge in [-0.25, -0.2) is 0 Å². The van der Waals surface area contributed by atoms with Crippen LogP contribution >= 0.6 is 0 Å². The van der Waals surface area contributed by atoms with Gasteiger partial charge in [-0.2, -0.15) is 0 Å². The van der Waals surface area contributed by atoms with Gasteiger partial charge in [0.25, 0.3) is 0 Å². The highest BCUT2D eigenvalue weighted by Gasteiger charge is 2.05. The van der Waals surface area contributed by atoms with Crippen LogP contribution in [0.25, 0.3) is 0 Å². The molecule has 0 bridgehead atoms. The van der Waals surface area contributed by atoms with Gasteiger partial charge >= 0.3 is 0 Å². The molecule has 3 nitrogen and oxygen atoms in total. The molecule has 0 amide bonds. The Kier molecular flexibility index (Phi) is 3.85. The van der Waals surface area contributed by atoms with Crippen molar-refractivity contribution >= 4 is 0 Å². The SMILES string of the molecule is C=C(CCCc1ccccc1)[N+](=O)[O-]. The molecule has 0 saturated heterocycles.